The van der Waals surface area contributed by atoms with Crippen molar-refractivity contribution in [3.8, 4) is 12.3 Å². The van der Waals surface area contributed by atoms with Crippen molar-refractivity contribution in [1.82, 2.24) is 4.90 Å². The van der Waals surface area contributed by atoms with Gasteiger partial charge < -0.3 is 0 Å². The summed E-state index contributed by atoms with van der Waals surface area (Å²) in [6.07, 6.45) is 16.8. The summed E-state index contributed by atoms with van der Waals surface area (Å²) in [4.78, 5) is 2.59. The Kier molecular flexibility index (Phi) is 4.89. The molecule has 1 saturated heterocycles. The number of hydrogen-bond acceptors (Lipinski definition) is 1. The van der Waals surface area contributed by atoms with Crippen molar-refractivity contribution in [2.45, 2.75) is 76.4 Å². The van der Waals surface area contributed by atoms with Crippen LogP contribution in [-0.2, 0) is 6.54 Å². The van der Waals surface area contributed by atoms with E-state index in [0.717, 1.165) is 12.5 Å². The highest BCUT2D eigenvalue weighted by molar-refractivity contribution is 5.35. The quantitative estimate of drug-likeness (QED) is 0.370. The second-order valence-electron chi connectivity index (χ2n) is 7.11. The molecular formula is C21H29N. The van der Waals surface area contributed by atoms with Gasteiger partial charge in [-0.3, -0.25) is 4.90 Å². The molecule has 1 saturated carbocycles. The summed E-state index contributed by atoms with van der Waals surface area (Å²) >= 11 is 0. The van der Waals surface area contributed by atoms with Gasteiger partial charge in [0.15, 0.2) is 0 Å². The van der Waals surface area contributed by atoms with Gasteiger partial charge in [-0.05, 0) is 30.7 Å². The minimum Gasteiger partial charge on any atom is -0.275 e. The summed E-state index contributed by atoms with van der Waals surface area (Å²) in [5, 5.41) is 0. The van der Waals surface area contributed by atoms with Crippen LogP contribution in [0.1, 0.15) is 63.9 Å². The molecule has 1 heterocycles. The minimum atomic E-state index is 0.370. The van der Waals surface area contributed by atoms with E-state index in [0.29, 0.717) is 11.6 Å². The van der Waals surface area contributed by atoms with Crippen molar-refractivity contribution >= 4 is 0 Å². The molecule has 0 bridgehead atoms. The van der Waals surface area contributed by atoms with Gasteiger partial charge in [-0.1, -0.05) is 75.3 Å². The molecule has 2 fully saturated rings. The molecule has 1 aliphatic carbocycles. The molecule has 1 nitrogen and oxygen atoms in total. The molecular weight excluding hydrogens is 266 g/mol. The third-order valence-corrected chi connectivity index (χ3v) is 5.86. The Labute approximate surface area is 136 Å². The molecule has 1 spiro atoms. The topological polar surface area (TPSA) is 3.01 Å². The van der Waals surface area contributed by atoms with Gasteiger partial charge in [-0.15, -0.1) is 6.42 Å². The van der Waals surface area contributed by atoms with E-state index >= 15 is 0 Å². The standard InChI is InChI=1S/C21H29N/c1-3-5-6-7-11-14-19-15-16-21(19)20(4-2)22(21)17-18-12-9-8-10-13-18/h2,8-10,12-13,19-20H,3,5-7,11,14-17H2,1H3/t19-,20+,21+,22?/m0/s1. The van der Waals surface area contributed by atoms with Crippen LogP contribution < -0.4 is 0 Å². The maximum absolute atomic E-state index is 5.83. The number of terminal acetylenes is 1. The van der Waals surface area contributed by atoms with Gasteiger partial charge >= 0.3 is 0 Å². The van der Waals surface area contributed by atoms with E-state index in [9.17, 15) is 0 Å². The fourth-order valence-corrected chi connectivity index (χ4v) is 4.43. The fraction of sp³-hybridized carbons (Fsp3) is 0.619. The van der Waals surface area contributed by atoms with Gasteiger partial charge in [-0.2, -0.15) is 0 Å². The van der Waals surface area contributed by atoms with Crippen LogP contribution in [0.3, 0.4) is 0 Å². The zero-order valence-electron chi connectivity index (χ0n) is 13.9. The van der Waals surface area contributed by atoms with Crippen LogP contribution in [0.5, 0.6) is 0 Å². The molecule has 118 valence electrons. The van der Waals surface area contributed by atoms with Crippen LogP contribution in [0.4, 0.5) is 0 Å². The van der Waals surface area contributed by atoms with Crippen LogP contribution in [0, 0.1) is 18.3 Å². The van der Waals surface area contributed by atoms with Crippen molar-refractivity contribution in [2.24, 2.45) is 5.92 Å². The van der Waals surface area contributed by atoms with Crippen molar-refractivity contribution in [1.29, 1.82) is 0 Å². The van der Waals surface area contributed by atoms with Crippen LogP contribution in [0.15, 0.2) is 30.3 Å². The molecule has 22 heavy (non-hydrogen) atoms. The van der Waals surface area contributed by atoms with Crippen molar-refractivity contribution in [3.05, 3.63) is 35.9 Å². The Balaban J connectivity index is 1.53. The monoisotopic (exact) mass is 295 g/mol. The lowest BCUT2D eigenvalue weighted by Crippen LogP contribution is -2.40. The lowest BCUT2D eigenvalue weighted by atomic mass is 9.68. The molecule has 2 aliphatic rings. The van der Waals surface area contributed by atoms with E-state index in [2.05, 4.69) is 48.1 Å². The van der Waals surface area contributed by atoms with Crippen molar-refractivity contribution in [2.75, 3.05) is 0 Å². The summed E-state index contributed by atoms with van der Waals surface area (Å²) in [6.45, 7) is 3.31. The van der Waals surface area contributed by atoms with E-state index in [1.807, 2.05) is 0 Å². The third-order valence-electron chi connectivity index (χ3n) is 5.86. The average Bonchev–Trinajstić information content (AvgIpc) is 3.20. The maximum Gasteiger partial charge on any atom is 0.0910 e. The Morgan fingerprint density at radius 2 is 1.95 bits per heavy atom. The van der Waals surface area contributed by atoms with Gasteiger partial charge in [0.25, 0.3) is 0 Å². The highest BCUT2D eigenvalue weighted by Crippen LogP contribution is 2.60. The molecule has 0 aromatic heterocycles. The summed E-state index contributed by atoms with van der Waals surface area (Å²) in [5.41, 5.74) is 1.77. The van der Waals surface area contributed by atoms with Crippen molar-refractivity contribution in [3.63, 3.8) is 0 Å². The molecule has 3 rings (SSSR count). The van der Waals surface area contributed by atoms with Gasteiger partial charge in [0.05, 0.1) is 11.6 Å². The predicted molar refractivity (Wildman–Crippen MR) is 93.4 cm³/mol. The summed E-state index contributed by atoms with van der Waals surface area (Å²) in [5.74, 6) is 3.91. The van der Waals surface area contributed by atoms with Crippen LogP contribution >= 0.6 is 0 Å². The number of hydrogen-bond donors (Lipinski definition) is 0. The van der Waals surface area contributed by atoms with E-state index in [-0.39, 0.29) is 0 Å². The highest BCUT2D eigenvalue weighted by atomic mass is 15.4. The van der Waals surface area contributed by atoms with E-state index in [4.69, 9.17) is 6.42 Å². The molecule has 1 aromatic carbocycles. The first-order valence-corrected chi connectivity index (χ1v) is 9.09. The molecule has 1 unspecified atom stereocenters. The molecule has 4 atom stereocenters. The van der Waals surface area contributed by atoms with Gasteiger partial charge in [-0.25, -0.2) is 0 Å². The zero-order valence-corrected chi connectivity index (χ0v) is 13.9. The fourth-order valence-electron chi connectivity index (χ4n) is 4.43. The molecule has 0 N–H and O–H groups in total. The van der Waals surface area contributed by atoms with Crippen molar-refractivity contribution < 1.29 is 0 Å². The van der Waals surface area contributed by atoms with Crippen LogP contribution in [-0.4, -0.2) is 16.5 Å². The lowest BCUT2D eigenvalue weighted by molar-refractivity contribution is 0.144. The van der Waals surface area contributed by atoms with Gasteiger partial charge in [0, 0.05) is 6.54 Å². The number of nitrogens with zero attached hydrogens (tertiary/aromatic N) is 1. The Morgan fingerprint density at radius 1 is 1.18 bits per heavy atom. The minimum absolute atomic E-state index is 0.370. The van der Waals surface area contributed by atoms with Crippen LogP contribution in [0.2, 0.25) is 0 Å². The molecule has 0 radical (unpaired) electrons. The second-order valence-corrected chi connectivity index (χ2v) is 7.11. The Morgan fingerprint density at radius 3 is 2.59 bits per heavy atom. The molecule has 1 heteroatoms. The molecule has 1 aromatic rings. The van der Waals surface area contributed by atoms with E-state index in [1.54, 1.807) is 0 Å². The highest BCUT2D eigenvalue weighted by Gasteiger charge is 2.69. The Hall–Kier alpha value is -1.26. The van der Waals surface area contributed by atoms with E-state index < -0.39 is 0 Å². The Bertz CT molecular complexity index is 514. The first-order valence-electron chi connectivity index (χ1n) is 9.09. The maximum atomic E-state index is 5.83. The normalized spacial score (nSPS) is 32.5. The first-order chi connectivity index (χ1) is 10.8. The number of rotatable bonds is 8. The third kappa shape index (κ3) is 2.82. The number of benzene rings is 1. The SMILES string of the molecule is C#C[C@H]1N(Cc2ccccc2)[C@@]12CC[C@@H]2CCCCCCC. The van der Waals surface area contributed by atoms with Crippen LogP contribution in [0.25, 0.3) is 0 Å². The lowest BCUT2D eigenvalue weighted by Gasteiger charge is -2.38. The smallest absolute Gasteiger partial charge is 0.0910 e. The molecule has 0 amide bonds. The summed E-state index contributed by atoms with van der Waals surface area (Å²) < 4.78 is 0. The predicted octanol–water partition coefficient (Wildman–Crippen LogP) is 5.01. The van der Waals surface area contributed by atoms with Gasteiger partial charge in [0.2, 0.25) is 0 Å². The summed E-state index contributed by atoms with van der Waals surface area (Å²) in [7, 11) is 0. The first kappa shape index (κ1) is 15.6. The zero-order chi connectivity index (χ0) is 15.4. The van der Waals surface area contributed by atoms with E-state index in [1.165, 1.54) is 56.9 Å². The largest absolute Gasteiger partial charge is 0.275 e. The number of unbranched alkanes of at least 4 members (excludes halogenated alkanes) is 4. The molecule has 1 aliphatic heterocycles. The average molecular weight is 295 g/mol. The summed E-state index contributed by atoms with van der Waals surface area (Å²) in [6, 6.07) is 11.2. The second kappa shape index (κ2) is 6.88. The van der Waals surface area contributed by atoms with Gasteiger partial charge in [0.1, 0.15) is 0 Å².